The highest BCUT2D eigenvalue weighted by atomic mass is 16.5. The first-order valence-corrected chi connectivity index (χ1v) is 7.23. The molecule has 18 heavy (non-hydrogen) atoms. The van der Waals surface area contributed by atoms with Crippen LogP contribution in [0.3, 0.4) is 0 Å². The van der Waals surface area contributed by atoms with Crippen molar-refractivity contribution < 1.29 is 4.74 Å². The number of hydrogen-bond acceptors (Lipinski definition) is 2. The summed E-state index contributed by atoms with van der Waals surface area (Å²) in [4.78, 5) is 0. The molecule has 1 aromatic rings. The van der Waals surface area contributed by atoms with Gasteiger partial charge in [0.15, 0.2) is 0 Å². The van der Waals surface area contributed by atoms with E-state index in [2.05, 4.69) is 31.2 Å². The number of ether oxygens (including phenoxy) is 1. The molecule has 1 aliphatic carbocycles. The summed E-state index contributed by atoms with van der Waals surface area (Å²) in [7, 11) is 0. The van der Waals surface area contributed by atoms with Crippen molar-refractivity contribution in [3.63, 3.8) is 0 Å². The second-order valence-corrected chi connectivity index (χ2v) is 5.54. The molecule has 0 amide bonds. The molecule has 2 nitrogen and oxygen atoms in total. The lowest BCUT2D eigenvalue weighted by molar-refractivity contribution is 0.135. The van der Waals surface area contributed by atoms with Gasteiger partial charge in [-0.15, -0.1) is 0 Å². The molecule has 0 unspecified atom stereocenters. The molecule has 0 radical (unpaired) electrons. The smallest absolute Gasteiger partial charge is 0.119 e. The molecule has 100 valence electrons. The third-order valence-corrected chi connectivity index (χ3v) is 3.86. The van der Waals surface area contributed by atoms with Crippen molar-refractivity contribution in [2.75, 3.05) is 6.54 Å². The molecule has 0 spiro atoms. The highest BCUT2D eigenvalue weighted by Crippen LogP contribution is 2.27. The van der Waals surface area contributed by atoms with Crippen LogP contribution in [-0.2, 0) is 6.42 Å². The maximum atomic E-state index is 6.04. The number of hydrogen-bond donors (Lipinski definition) is 1. The maximum Gasteiger partial charge on any atom is 0.119 e. The van der Waals surface area contributed by atoms with Crippen LogP contribution in [0.1, 0.15) is 44.6 Å². The van der Waals surface area contributed by atoms with Crippen molar-refractivity contribution in [1.29, 1.82) is 0 Å². The number of aryl methyl sites for hydroxylation is 1. The quantitative estimate of drug-likeness (QED) is 0.863. The molecule has 2 N–H and O–H groups in total. The van der Waals surface area contributed by atoms with Crippen LogP contribution in [0, 0.1) is 5.92 Å². The summed E-state index contributed by atoms with van der Waals surface area (Å²) in [6, 6.07) is 8.53. The normalized spacial score (nSPS) is 23.9. The topological polar surface area (TPSA) is 35.2 Å². The highest BCUT2D eigenvalue weighted by molar-refractivity contribution is 5.27. The van der Waals surface area contributed by atoms with Gasteiger partial charge in [0.2, 0.25) is 0 Å². The lowest BCUT2D eigenvalue weighted by Gasteiger charge is -2.26. The monoisotopic (exact) mass is 247 g/mol. The molecule has 0 heterocycles. The Morgan fingerprint density at radius 3 is 2.39 bits per heavy atom. The van der Waals surface area contributed by atoms with Gasteiger partial charge in [-0.05, 0) is 68.7 Å². The van der Waals surface area contributed by atoms with Crippen molar-refractivity contribution in [3.05, 3.63) is 29.8 Å². The van der Waals surface area contributed by atoms with Gasteiger partial charge in [-0.2, -0.15) is 0 Å². The molecule has 2 heteroatoms. The fourth-order valence-corrected chi connectivity index (χ4v) is 2.58. The van der Waals surface area contributed by atoms with Crippen LogP contribution in [0.25, 0.3) is 0 Å². The minimum Gasteiger partial charge on any atom is -0.490 e. The van der Waals surface area contributed by atoms with Crippen molar-refractivity contribution in [2.45, 2.75) is 51.6 Å². The van der Waals surface area contributed by atoms with Crippen molar-refractivity contribution in [3.8, 4) is 5.75 Å². The standard InChI is InChI=1S/C16H25NO/c1-13-4-8-15(9-5-13)18-16-10-6-14(7-11-16)3-2-12-17/h6-7,10-11,13,15H,2-5,8-9,12,17H2,1H3. The van der Waals surface area contributed by atoms with Gasteiger partial charge in [0, 0.05) is 0 Å². The van der Waals surface area contributed by atoms with Crippen LogP contribution < -0.4 is 10.5 Å². The van der Waals surface area contributed by atoms with Crippen LogP contribution in [0.15, 0.2) is 24.3 Å². The van der Waals surface area contributed by atoms with E-state index in [9.17, 15) is 0 Å². The highest BCUT2D eigenvalue weighted by Gasteiger charge is 2.19. The predicted molar refractivity (Wildman–Crippen MR) is 75.9 cm³/mol. The van der Waals surface area contributed by atoms with E-state index in [0.29, 0.717) is 6.10 Å². The third kappa shape index (κ3) is 4.02. The van der Waals surface area contributed by atoms with Gasteiger partial charge >= 0.3 is 0 Å². The lowest BCUT2D eigenvalue weighted by atomic mass is 9.89. The molecule has 2 rings (SSSR count). The molecular formula is C16H25NO. The average Bonchev–Trinajstić information content (AvgIpc) is 2.41. The number of benzene rings is 1. The lowest BCUT2D eigenvalue weighted by Crippen LogP contribution is -2.22. The average molecular weight is 247 g/mol. The Morgan fingerprint density at radius 2 is 1.78 bits per heavy atom. The van der Waals surface area contributed by atoms with E-state index in [1.165, 1.54) is 31.2 Å². The first-order valence-electron chi connectivity index (χ1n) is 7.23. The van der Waals surface area contributed by atoms with Gasteiger partial charge in [0.05, 0.1) is 6.10 Å². The van der Waals surface area contributed by atoms with Crippen molar-refractivity contribution >= 4 is 0 Å². The number of rotatable bonds is 5. The van der Waals surface area contributed by atoms with E-state index in [1.54, 1.807) is 0 Å². The summed E-state index contributed by atoms with van der Waals surface area (Å²) >= 11 is 0. The Morgan fingerprint density at radius 1 is 1.11 bits per heavy atom. The van der Waals surface area contributed by atoms with Crippen LogP contribution in [0.5, 0.6) is 5.75 Å². The zero-order valence-corrected chi connectivity index (χ0v) is 11.4. The Labute approximate surface area is 111 Å². The fraction of sp³-hybridized carbons (Fsp3) is 0.625. The van der Waals surface area contributed by atoms with Gasteiger partial charge in [-0.25, -0.2) is 0 Å². The molecule has 0 bridgehead atoms. The molecule has 1 aromatic carbocycles. The molecular weight excluding hydrogens is 222 g/mol. The van der Waals surface area contributed by atoms with E-state index in [-0.39, 0.29) is 0 Å². The SMILES string of the molecule is CC1CCC(Oc2ccc(CCCN)cc2)CC1. The summed E-state index contributed by atoms with van der Waals surface area (Å²) in [5.74, 6) is 1.90. The molecule has 1 aliphatic rings. The predicted octanol–water partition coefficient (Wildman–Crippen LogP) is 3.54. The maximum absolute atomic E-state index is 6.04. The van der Waals surface area contributed by atoms with Crippen molar-refractivity contribution in [1.82, 2.24) is 0 Å². The largest absolute Gasteiger partial charge is 0.490 e. The fourth-order valence-electron chi connectivity index (χ4n) is 2.58. The number of nitrogens with two attached hydrogens (primary N) is 1. The van der Waals surface area contributed by atoms with E-state index in [4.69, 9.17) is 10.5 Å². The summed E-state index contributed by atoms with van der Waals surface area (Å²) in [5.41, 5.74) is 6.87. The van der Waals surface area contributed by atoms with Crippen LogP contribution in [-0.4, -0.2) is 12.6 Å². The van der Waals surface area contributed by atoms with Crippen molar-refractivity contribution in [2.24, 2.45) is 11.7 Å². The van der Waals surface area contributed by atoms with Crippen LogP contribution in [0.2, 0.25) is 0 Å². The van der Waals surface area contributed by atoms with Gasteiger partial charge in [-0.3, -0.25) is 0 Å². The summed E-state index contributed by atoms with van der Waals surface area (Å²) in [5, 5.41) is 0. The zero-order chi connectivity index (χ0) is 12.8. The zero-order valence-electron chi connectivity index (χ0n) is 11.4. The Kier molecular flexibility index (Phi) is 5.06. The molecule has 0 saturated heterocycles. The van der Waals surface area contributed by atoms with Crippen LogP contribution >= 0.6 is 0 Å². The second-order valence-electron chi connectivity index (χ2n) is 5.54. The third-order valence-electron chi connectivity index (χ3n) is 3.86. The minimum atomic E-state index is 0.427. The molecule has 1 fully saturated rings. The molecule has 0 atom stereocenters. The van der Waals surface area contributed by atoms with Crippen LogP contribution in [0.4, 0.5) is 0 Å². The summed E-state index contributed by atoms with van der Waals surface area (Å²) in [6.45, 7) is 3.10. The van der Waals surface area contributed by atoms with E-state index >= 15 is 0 Å². The van der Waals surface area contributed by atoms with E-state index < -0.39 is 0 Å². The Balaban J connectivity index is 1.82. The molecule has 0 aliphatic heterocycles. The first-order chi connectivity index (χ1) is 8.78. The Hall–Kier alpha value is -1.02. The second kappa shape index (κ2) is 6.79. The summed E-state index contributed by atoms with van der Waals surface area (Å²) in [6.07, 6.45) is 7.57. The molecule has 0 aromatic heterocycles. The minimum absolute atomic E-state index is 0.427. The first kappa shape index (κ1) is 13.4. The van der Waals surface area contributed by atoms with E-state index in [0.717, 1.165) is 31.1 Å². The molecule has 1 saturated carbocycles. The van der Waals surface area contributed by atoms with E-state index in [1.807, 2.05) is 0 Å². The van der Waals surface area contributed by atoms with Gasteiger partial charge in [0.25, 0.3) is 0 Å². The van der Waals surface area contributed by atoms with Gasteiger partial charge in [0.1, 0.15) is 5.75 Å². The Bertz CT molecular complexity index is 339. The summed E-state index contributed by atoms with van der Waals surface area (Å²) < 4.78 is 6.04. The van der Waals surface area contributed by atoms with Gasteiger partial charge in [-0.1, -0.05) is 19.1 Å². The van der Waals surface area contributed by atoms with Gasteiger partial charge < -0.3 is 10.5 Å².